The smallest absolute Gasteiger partial charge is 0.355 e. The lowest BCUT2D eigenvalue weighted by Crippen LogP contribution is -2.37. The first kappa shape index (κ1) is 19.4. The Hall–Kier alpha value is -2.40. The molecule has 0 atom stereocenters. The van der Waals surface area contributed by atoms with E-state index in [2.05, 4.69) is 84.6 Å². The van der Waals surface area contributed by atoms with Crippen LogP contribution in [-0.2, 0) is 8.85 Å². The van der Waals surface area contributed by atoms with E-state index in [0.29, 0.717) is 13.2 Å². The van der Waals surface area contributed by atoms with Gasteiger partial charge in [0.1, 0.15) is 0 Å². The van der Waals surface area contributed by atoms with Gasteiger partial charge in [-0.25, -0.2) is 0 Å². The summed E-state index contributed by atoms with van der Waals surface area (Å²) in [4.78, 5) is 2.27. The maximum Gasteiger partial charge on any atom is 0.355 e. The van der Waals surface area contributed by atoms with Crippen LogP contribution in [0.3, 0.4) is 0 Å². The molecule has 0 radical (unpaired) electrons. The third kappa shape index (κ3) is 4.86. The predicted molar refractivity (Wildman–Crippen MR) is 116 cm³/mol. The topological polar surface area (TPSA) is 21.7 Å². The highest BCUT2D eigenvalue weighted by molar-refractivity contribution is 6.61. The molecule has 0 amide bonds. The molecule has 0 bridgehead atoms. The minimum atomic E-state index is -1.82. The largest absolute Gasteiger partial charge is 0.394 e. The summed E-state index contributed by atoms with van der Waals surface area (Å²) in [6.07, 6.45) is 0. The van der Waals surface area contributed by atoms with Crippen LogP contribution >= 0.6 is 0 Å². The summed E-state index contributed by atoms with van der Waals surface area (Å²) in [5.74, 6) is 0. The highest BCUT2D eigenvalue weighted by atomic mass is 28.3. The average molecular weight is 378 g/mol. The van der Waals surface area contributed by atoms with Crippen molar-refractivity contribution >= 4 is 31.5 Å². The first-order chi connectivity index (χ1) is 13.2. The summed E-state index contributed by atoms with van der Waals surface area (Å²) in [6, 6.07) is 27.6. The van der Waals surface area contributed by atoms with Crippen molar-refractivity contribution in [1.82, 2.24) is 0 Å². The Morgan fingerprint density at radius 1 is 0.667 bits per heavy atom. The number of nitrogens with zero attached hydrogens (tertiary/aromatic N) is 1. The van der Waals surface area contributed by atoms with Crippen molar-refractivity contribution in [2.24, 2.45) is 0 Å². The lowest BCUT2D eigenvalue weighted by Gasteiger charge is -2.26. The highest BCUT2D eigenvalue weighted by Gasteiger charge is 2.17. The molecule has 4 heteroatoms. The van der Waals surface area contributed by atoms with Gasteiger partial charge in [-0.05, 0) is 62.4 Å². The lowest BCUT2D eigenvalue weighted by atomic mass is 10.1. The second-order valence-electron chi connectivity index (χ2n) is 6.34. The van der Waals surface area contributed by atoms with Gasteiger partial charge >= 0.3 is 9.28 Å². The van der Waals surface area contributed by atoms with E-state index in [1.807, 2.05) is 19.9 Å². The zero-order valence-corrected chi connectivity index (χ0v) is 17.4. The van der Waals surface area contributed by atoms with Crippen LogP contribution in [0.1, 0.15) is 19.4 Å². The van der Waals surface area contributed by atoms with Gasteiger partial charge < -0.3 is 13.8 Å². The maximum atomic E-state index is 5.85. The number of para-hydroxylation sites is 1. The van der Waals surface area contributed by atoms with Gasteiger partial charge in [-0.2, -0.15) is 0 Å². The van der Waals surface area contributed by atoms with Gasteiger partial charge in [0.05, 0.1) is 0 Å². The van der Waals surface area contributed by atoms with Gasteiger partial charge in [0, 0.05) is 30.3 Å². The number of benzene rings is 3. The first-order valence-corrected chi connectivity index (χ1v) is 11.0. The molecule has 0 unspecified atom stereocenters. The monoisotopic (exact) mass is 377 g/mol. The van der Waals surface area contributed by atoms with Gasteiger partial charge in [-0.15, -0.1) is 0 Å². The van der Waals surface area contributed by atoms with Gasteiger partial charge in [0.2, 0.25) is 0 Å². The van der Waals surface area contributed by atoms with Crippen molar-refractivity contribution in [1.29, 1.82) is 0 Å². The van der Waals surface area contributed by atoms with E-state index in [9.17, 15) is 0 Å². The molecule has 3 aromatic rings. The van der Waals surface area contributed by atoms with Crippen LogP contribution < -0.4 is 10.1 Å². The Kier molecular flexibility index (Phi) is 6.82. The van der Waals surface area contributed by atoms with Crippen molar-refractivity contribution in [3.05, 3.63) is 84.4 Å². The van der Waals surface area contributed by atoms with Crippen LogP contribution in [0.4, 0.5) is 17.1 Å². The first-order valence-electron chi connectivity index (χ1n) is 9.48. The summed E-state index contributed by atoms with van der Waals surface area (Å²) in [5.41, 5.74) is 4.65. The van der Waals surface area contributed by atoms with E-state index < -0.39 is 9.28 Å². The summed E-state index contributed by atoms with van der Waals surface area (Å²) < 4.78 is 11.7. The van der Waals surface area contributed by atoms with Crippen LogP contribution in [0.5, 0.6) is 0 Å². The number of rotatable bonds is 8. The number of hydrogen-bond donors (Lipinski definition) is 0. The minimum absolute atomic E-state index is 0.679. The Morgan fingerprint density at radius 2 is 1.15 bits per heavy atom. The second kappa shape index (κ2) is 9.51. The van der Waals surface area contributed by atoms with E-state index in [0.717, 1.165) is 17.1 Å². The summed E-state index contributed by atoms with van der Waals surface area (Å²) >= 11 is 0. The van der Waals surface area contributed by atoms with Crippen LogP contribution in [0.25, 0.3) is 0 Å². The number of hydrogen-bond acceptors (Lipinski definition) is 3. The third-order valence-electron chi connectivity index (χ3n) is 4.37. The maximum absolute atomic E-state index is 5.85. The molecule has 0 N–H and O–H groups in total. The standard InChI is InChI=1S/C23H27NO2Si/c1-4-25-27(26-5-2)23-17-15-22(16-18-23)24(20-9-7-6-8-10-20)21-13-11-19(3)12-14-21/h6-18,27H,4-5H2,1-3H3. The average Bonchev–Trinajstić information content (AvgIpc) is 2.71. The molecular formula is C23H27NO2Si. The zero-order chi connectivity index (χ0) is 19.1. The normalized spacial score (nSPS) is 11.0. The Balaban J connectivity index is 1.96. The van der Waals surface area contributed by atoms with Crippen molar-refractivity contribution in [3.63, 3.8) is 0 Å². The van der Waals surface area contributed by atoms with Crippen LogP contribution in [0.2, 0.25) is 0 Å². The lowest BCUT2D eigenvalue weighted by molar-refractivity contribution is 0.225. The summed E-state index contributed by atoms with van der Waals surface area (Å²) in [6.45, 7) is 7.50. The molecule has 3 aromatic carbocycles. The molecule has 0 saturated carbocycles. The highest BCUT2D eigenvalue weighted by Crippen LogP contribution is 2.33. The molecule has 0 aromatic heterocycles. The minimum Gasteiger partial charge on any atom is -0.394 e. The summed E-state index contributed by atoms with van der Waals surface area (Å²) in [5, 5.41) is 1.17. The van der Waals surface area contributed by atoms with E-state index in [1.54, 1.807) is 0 Å². The molecule has 0 aliphatic carbocycles. The van der Waals surface area contributed by atoms with E-state index in [4.69, 9.17) is 8.85 Å². The van der Waals surface area contributed by atoms with Crippen molar-refractivity contribution < 1.29 is 8.85 Å². The fourth-order valence-electron chi connectivity index (χ4n) is 3.04. The SMILES string of the molecule is CCO[SiH](OCC)c1ccc(N(c2ccccc2)c2ccc(C)cc2)cc1. The fraction of sp³-hybridized carbons (Fsp3) is 0.217. The molecule has 0 saturated heterocycles. The molecule has 0 heterocycles. The molecule has 0 fully saturated rings. The predicted octanol–water partition coefficient (Wildman–Crippen LogP) is 4.97. The van der Waals surface area contributed by atoms with Crippen molar-refractivity contribution in [3.8, 4) is 0 Å². The molecule has 0 spiro atoms. The van der Waals surface area contributed by atoms with E-state index in [1.165, 1.54) is 10.8 Å². The van der Waals surface area contributed by atoms with Crippen LogP contribution in [0, 0.1) is 6.92 Å². The van der Waals surface area contributed by atoms with Crippen molar-refractivity contribution in [2.75, 3.05) is 18.1 Å². The van der Waals surface area contributed by atoms with E-state index >= 15 is 0 Å². The Labute approximate surface area is 164 Å². The molecule has 3 nitrogen and oxygen atoms in total. The van der Waals surface area contributed by atoms with Gasteiger partial charge in [-0.1, -0.05) is 48.0 Å². The second-order valence-corrected chi connectivity index (χ2v) is 8.34. The Bertz CT molecular complexity index is 813. The van der Waals surface area contributed by atoms with Crippen molar-refractivity contribution in [2.45, 2.75) is 20.8 Å². The fourth-order valence-corrected chi connectivity index (χ4v) is 4.64. The van der Waals surface area contributed by atoms with Crippen LogP contribution in [0.15, 0.2) is 78.9 Å². The van der Waals surface area contributed by atoms with Gasteiger partial charge in [0.25, 0.3) is 0 Å². The molecule has 0 aliphatic rings. The third-order valence-corrected chi connectivity index (χ3v) is 6.57. The molecule has 3 rings (SSSR count). The number of aryl methyl sites for hydroxylation is 1. The number of anilines is 3. The van der Waals surface area contributed by atoms with Gasteiger partial charge in [0.15, 0.2) is 0 Å². The molecule has 140 valence electrons. The molecular weight excluding hydrogens is 350 g/mol. The quantitative estimate of drug-likeness (QED) is 0.518. The zero-order valence-electron chi connectivity index (χ0n) is 16.3. The van der Waals surface area contributed by atoms with Gasteiger partial charge in [-0.3, -0.25) is 0 Å². The van der Waals surface area contributed by atoms with Crippen LogP contribution in [-0.4, -0.2) is 22.5 Å². The summed E-state index contributed by atoms with van der Waals surface area (Å²) in [7, 11) is -1.82. The molecule has 27 heavy (non-hydrogen) atoms. The van der Waals surface area contributed by atoms with E-state index in [-0.39, 0.29) is 0 Å². The molecule has 0 aliphatic heterocycles. The Morgan fingerprint density at radius 3 is 1.67 bits per heavy atom.